The third-order valence-electron chi connectivity index (χ3n) is 5.75. The molecule has 29 heavy (non-hydrogen) atoms. The second-order valence-electron chi connectivity index (χ2n) is 8.48. The standard InChI is InChI=1S/C24H28ClF2NO/c1-4-5-6-22(16-7-9-19(25)10-8-16)28-14-18(15-28)23(24(2,3)29)17-11-20(26)13-21(27)12-17/h4,7-13,18,22-23,29H,1,5-6,14-15H2,2-3H3. The van der Waals surface area contributed by atoms with Gasteiger partial charge >= 0.3 is 0 Å². The zero-order chi connectivity index (χ0) is 21.2. The van der Waals surface area contributed by atoms with Crippen molar-refractivity contribution < 1.29 is 13.9 Å². The molecular formula is C24H28ClF2NO. The summed E-state index contributed by atoms with van der Waals surface area (Å²) in [5, 5.41) is 11.5. The zero-order valence-corrected chi connectivity index (χ0v) is 17.7. The predicted octanol–water partition coefficient (Wildman–Crippen LogP) is 6.11. The minimum absolute atomic E-state index is 0.106. The van der Waals surface area contributed by atoms with Gasteiger partial charge in [-0.25, -0.2) is 8.78 Å². The summed E-state index contributed by atoms with van der Waals surface area (Å²) in [7, 11) is 0. The van der Waals surface area contributed by atoms with Crippen molar-refractivity contribution in [3.05, 3.63) is 82.9 Å². The molecule has 0 bridgehead atoms. The summed E-state index contributed by atoms with van der Waals surface area (Å²) >= 11 is 6.04. The van der Waals surface area contributed by atoms with Gasteiger partial charge in [0.15, 0.2) is 0 Å². The van der Waals surface area contributed by atoms with Crippen LogP contribution in [0.5, 0.6) is 0 Å². The molecule has 0 aromatic heterocycles. The molecule has 2 atom stereocenters. The topological polar surface area (TPSA) is 23.5 Å². The Morgan fingerprint density at radius 1 is 1.14 bits per heavy atom. The number of nitrogens with zero attached hydrogens (tertiary/aromatic N) is 1. The van der Waals surface area contributed by atoms with E-state index in [0.29, 0.717) is 10.6 Å². The molecule has 156 valence electrons. The van der Waals surface area contributed by atoms with Gasteiger partial charge in [0.2, 0.25) is 0 Å². The van der Waals surface area contributed by atoms with E-state index in [1.165, 1.54) is 17.7 Å². The van der Waals surface area contributed by atoms with Gasteiger partial charge in [0.1, 0.15) is 11.6 Å². The highest BCUT2D eigenvalue weighted by Gasteiger charge is 2.43. The van der Waals surface area contributed by atoms with E-state index < -0.39 is 17.2 Å². The molecule has 0 amide bonds. The lowest BCUT2D eigenvalue weighted by atomic mass is 9.71. The number of hydrogen-bond donors (Lipinski definition) is 1. The molecule has 0 saturated carbocycles. The molecule has 1 heterocycles. The Labute approximate surface area is 176 Å². The van der Waals surface area contributed by atoms with Crippen molar-refractivity contribution >= 4 is 11.6 Å². The van der Waals surface area contributed by atoms with Crippen molar-refractivity contribution in [3.8, 4) is 0 Å². The van der Waals surface area contributed by atoms with Crippen molar-refractivity contribution in [1.82, 2.24) is 4.90 Å². The van der Waals surface area contributed by atoms with Gasteiger partial charge in [-0.15, -0.1) is 6.58 Å². The lowest BCUT2D eigenvalue weighted by Crippen LogP contribution is -2.54. The molecule has 2 nitrogen and oxygen atoms in total. The number of aliphatic hydroxyl groups is 1. The molecule has 2 unspecified atom stereocenters. The van der Waals surface area contributed by atoms with Crippen LogP contribution in [0.1, 0.15) is 49.8 Å². The maximum atomic E-state index is 13.8. The average molecular weight is 420 g/mol. The largest absolute Gasteiger partial charge is 0.390 e. The highest BCUT2D eigenvalue weighted by Crippen LogP contribution is 2.43. The van der Waals surface area contributed by atoms with Crippen LogP contribution in [-0.2, 0) is 0 Å². The van der Waals surface area contributed by atoms with E-state index in [1.807, 2.05) is 30.3 Å². The number of halogens is 3. The molecule has 1 fully saturated rings. The number of likely N-dealkylation sites (tertiary alicyclic amines) is 1. The summed E-state index contributed by atoms with van der Waals surface area (Å²) < 4.78 is 27.6. The maximum Gasteiger partial charge on any atom is 0.126 e. The van der Waals surface area contributed by atoms with Crippen LogP contribution in [-0.4, -0.2) is 28.7 Å². The first-order chi connectivity index (χ1) is 13.7. The summed E-state index contributed by atoms with van der Waals surface area (Å²) in [6.45, 7) is 8.74. The highest BCUT2D eigenvalue weighted by atomic mass is 35.5. The molecule has 0 aliphatic carbocycles. The van der Waals surface area contributed by atoms with Gasteiger partial charge in [-0.1, -0.05) is 29.8 Å². The van der Waals surface area contributed by atoms with Crippen LogP contribution in [0.15, 0.2) is 55.1 Å². The Morgan fingerprint density at radius 3 is 2.24 bits per heavy atom. The van der Waals surface area contributed by atoms with Gasteiger partial charge in [-0.05, 0) is 68.0 Å². The van der Waals surface area contributed by atoms with Crippen molar-refractivity contribution in [2.24, 2.45) is 5.92 Å². The first-order valence-electron chi connectivity index (χ1n) is 9.98. The molecule has 2 aromatic carbocycles. The van der Waals surface area contributed by atoms with E-state index in [2.05, 4.69) is 11.5 Å². The third-order valence-corrected chi connectivity index (χ3v) is 6.01. The molecule has 1 N–H and O–H groups in total. The van der Waals surface area contributed by atoms with E-state index in [0.717, 1.165) is 32.0 Å². The third kappa shape index (κ3) is 5.25. The molecule has 3 rings (SSSR count). The van der Waals surface area contributed by atoms with Crippen molar-refractivity contribution in [1.29, 1.82) is 0 Å². The first-order valence-corrected chi connectivity index (χ1v) is 10.4. The lowest BCUT2D eigenvalue weighted by Gasteiger charge is -2.50. The predicted molar refractivity (Wildman–Crippen MR) is 114 cm³/mol. The molecule has 5 heteroatoms. The number of rotatable bonds is 8. The number of allylic oxidation sites excluding steroid dienone is 1. The summed E-state index contributed by atoms with van der Waals surface area (Å²) in [6, 6.07) is 11.6. The molecule has 1 aliphatic rings. The van der Waals surface area contributed by atoms with Gasteiger partial charge in [0, 0.05) is 36.1 Å². The van der Waals surface area contributed by atoms with Crippen LogP contribution in [0, 0.1) is 17.6 Å². The second kappa shape index (κ2) is 8.95. The van der Waals surface area contributed by atoms with Crippen LogP contribution in [0.2, 0.25) is 5.02 Å². The molecule has 0 radical (unpaired) electrons. The summed E-state index contributed by atoms with van der Waals surface area (Å²) in [5.74, 6) is -1.48. The molecular weight excluding hydrogens is 392 g/mol. The van der Waals surface area contributed by atoms with Crippen LogP contribution in [0.3, 0.4) is 0 Å². The first kappa shape index (κ1) is 21.9. The Bertz CT molecular complexity index is 821. The van der Waals surface area contributed by atoms with Gasteiger partial charge in [0.05, 0.1) is 5.60 Å². The molecule has 1 aliphatic heterocycles. The fraction of sp³-hybridized carbons (Fsp3) is 0.417. The normalized spacial score (nSPS) is 17.6. The lowest BCUT2D eigenvalue weighted by molar-refractivity contribution is -0.0377. The quantitative estimate of drug-likeness (QED) is 0.521. The van der Waals surface area contributed by atoms with E-state index in [-0.39, 0.29) is 17.9 Å². The fourth-order valence-corrected chi connectivity index (χ4v) is 4.67. The monoisotopic (exact) mass is 419 g/mol. The molecule has 0 spiro atoms. The SMILES string of the molecule is C=CCCC(c1ccc(Cl)cc1)N1CC(C(c2cc(F)cc(F)c2)C(C)(C)O)C1. The van der Waals surface area contributed by atoms with Gasteiger partial charge in [-0.3, -0.25) is 4.90 Å². The summed E-state index contributed by atoms with van der Waals surface area (Å²) in [6.07, 6.45) is 3.73. The van der Waals surface area contributed by atoms with Crippen LogP contribution < -0.4 is 0 Å². The maximum absolute atomic E-state index is 13.8. The van der Waals surface area contributed by atoms with Crippen molar-refractivity contribution in [3.63, 3.8) is 0 Å². The van der Waals surface area contributed by atoms with E-state index in [9.17, 15) is 13.9 Å². The Kier molecular flexibility index (Phi) is 6.77. The van der Waals surface area contributed by atoms with Crippen molar-refractivity contribution in [2.75, 3.05) is 13.1 Å². The van der Waals surface area contributed by atoms with E-state index in [1.54, 1.807) is 13.8 Å². The van der Waals surface area contributed by atoms with Crippen molar-refractivity contribution in [2.45, 2.75) is 44.2 Å². The fourth-order valence-electron chi connectivity index (χ4n) is 4.55. The van der Waals surface area contributed by atoms with Gasteiger partial charge in [-0.2, -0.15) is 0 Å². The highest BCUT2D eigenvalue weighted by molar-refractivity contribution is 6.30. The summed E-state index contributed by atoms with van der Waals surface area (Å²) in [4.78, 5) is 2.35. The average Bonchev–Trinajstić information content (AvgIpc) is 2.58. The minimum atomic E-state index is -1.09. The van der Waals surface area contributed by atoms with Gasteiger partial charge in [0.25, 0.3) is 0 Å². The van der Waals surface area contributed by atoms with E-state index >= 15 is 0 Å². The number of hydrogen-bond acceptors (Lipinski definition) is 2. The van der Waals surface area contributed by atoms with Crippen LogP contribution >= 0.6 is 11.6 Å². The van der Waals surface area contributed by atoms with Crippen LogP contribution in [0.4, 0.5) is 8.78 Å². The Balaban J connectivity index is 1.80. The minimum Gasteiger partial charge on any atom is -0.390 e. The molecule has 2 aromatic rings. The number of benzene rings is 2. The van der Waals surface area contributed by atoms with Gasteiger partial charge < -0.3 is 5.11 Å². The second-order valence-corrected chi connectivity index (χ2v) is 8.92. The summed E-state index contributed by atoms with van der Waals surface area (Å²) in [5.41, 5.74) is 0.605. The molecule has 1 saturated heterocycles. The Hall–Kier alpha value is -1.75. The van der Waals surface area contributed by atoms with E-state index in [4.69, 9.17) is 11.6 Å². The smallest absolute Gasteiger partial charge is 0.126 e. The zero-order valence-electron chi connectivity index (χ0n) is 16.9. The van der Waals surface area contributed by atoms with Crippen LogP contribution in [0.25, 0.3) is 0 Å². The Morgan fingerprint density at radius 2 is 1.72 bits per heavy atom.